The van der Waals surface area contributed by atoms with E-state index in [1.807, 2.05) is 48.2 Å². The van der Waals surface area contributed by atoms with Crippen LogP contribution in [0.2, 0.25) is 0 Å². The third kappa shape index (κ3) is 3.14. The average molecular weight is 338 g/mol. The Bertz CT molecular complexity index is 790. The van der Waals surface area contributed by atoms with E-state index in [0.29, 0.717) is 13.2 Å². The van der Waals surface area contributed by atoms with Gasteiger partial charge < -0.3 is 19.7 Å². The zero-order valence-electron chi connectivity index (χ0n) is 14.3. The first-order valence-corrected chi connectivity index (χ1v) is 8.78. The standard InChI is InChI=1S/C20H22N2O3/c1-14(20(23)22-10-9-15-5-2-3-6-17(15)22)21-16-7-8-18-19(13-16)25-12-4-11-24-18/h2-3,5-8,13-14,21H,4,9-12H2,1H3/t14-/m0/s1. The fourth-order valence-electron chi connectivity index (χ4n) is 3.37. The number of ether oxygens (including phenoxy) is 2. The Labute approximate surface area is 147 Å². The van der Waals surface area contributed by atoms with Crippen LogP contribution in [0.3, 0.4) is 0 Å². The van der Waals surface area contributed by atoms with E-state index in [9.17, 15) is 4.79 Å². The van der Waals surface area contributed by atoms with Crippen LogP contribution in [0.4, 0.5) is 11.4 Å². The van der Waals surface area contributed by atoms with Crippen molar-refractivity contribution >= 4 is 17.3 Å². The van der Waals surface area contributed by atoms with Gasteiger partial charge in [-0.2, -0.15) is 0 Å². The first-order chi connectivity index (χ1) is 12.2. The van der Waals surface area contributed by atoms with Gasteiger partial charge in [0.15, 0.2) is 11.5 Å². The summed E-state index contributed by atoms with van der Waals surface area (Å²) in [6.07, 6.45) is 1.79. The summed E-state index contributed by atoms with van der Waals surface area (Å²) in [6.45, 7) is 3.95. The van der Waals surface area contributed by atoms with Crippen molar-refractivity contribution in [2.45, 2.75) is 25.8 Å². The first-order valence-electron chi connectivity index (χ1n) is 8.78. The topological polar surface area (TPSA) is 50.8 Å². The Kier molecular flexibility index (Phi) is 4.22. The summed E-state index contributed by atoms with van der Waals surface area (Å²) < 4.78 is 11.4. The molecule has 1 amide bonds. The van der Waals surface area contributed by atoms with Gasteiger partial charge in [-0.3, -0.25) is 4.79 Å². The fourth-order valence-corrected chi connectivity index (χ4v) is 3.37. The number of amides is 1. The molecular formula is C20H22N2O3. The summed E-state index contributed by atoms with van der Waals surface area (Å²) in [7, 11) is 0. The smallest absolute Gasteiger partial charge is 0.249 e. The number of fused-ring (bicyclic) bond motifs is 2. The minimum Gasteiger partial charge on any atom is -0.490 e. The van der Waals surface area contributed by atoms with E-state index in [4.69, 9.17) is 9.47 Å². The summed E-state index contributed by atoms with van der Waals surface area (Å²) in [5, 5.41) is 3.29. The maximum absolute atomic E-state index is 12.9. The Morgan fingerprint density at radius 1 is 1.12 bits per heavy atom. The first kappa shape index (κ1) is 15.8. The highest BCUT2D eigenvalue weighted by Crippen LogP contribution is 2.33. The van der Waals surface area contributed by atoms with E-state index in [1.165, 1.54) is 5.56 Å². The number of carbonyl (C=O) groups excluding carboxylic acids is 1. The molecule has 0 saturated heterocycles. The third-order valence-electron chi connectivity index (χ3n) is 4.65. The van der Waals surface area contributed by atoms with Gasteiger partial charge >= 0.3 is 0 Å². The number of para-hydroxylation sites is 1. The Hall–Kier alpha value is -2.69. The zero-order chi connectivity index (χ0) is 17.2. The van der Waals surface area contributed by atoms with Gasteiger partial charge in [-0.1, -0.05) is 18.2 Å². The zero-order valence-corrected chi connectivity index (χ0v) is 14.3. The summed E-state index contributed by atoms with van der Waals surface area (Å²) in [6, 6.07) is 13.5. The van der Waals surface area contributed by atoms with E-state index < -0.39 is 0 Å². The van der Waals surface area contributed by atoms with Crippen molar-refractivity contribution in [3.8, 4) is 11.5 Å². The third-order valence-corrected chi connectivity index (χ3v) is 4.65. The van der Waals surface area contributed by atoms with Gasteiger partial charge in [-0.25, -0.2) is 0 Å². The maximum atomic E-state index is 12.9. The molecule has 2 heterocycles. The molecule has 5 heteroatoms. The predicted molar refractivity (Wildman–Crippen MR) is 97.6 cm³/mol. The highest BCUT2D eigenvalue weighted by Gasteiger charge is 2.27. The highest BCUT2D eigenvalue weighted by molar-refractivity contribution is 6.00. The van der Waals surface area contributed by atoms with Crippen molar-refractivity contribution in [1.82, 2.24) is 0 Å². The summed E-state index contributed by atoms with van der Waals surface area (Å²) in [5.41, 5.74) is 3.12. The second-order valence-electron chi connectivity index (χ2n) is 6.45. The molecule has 2 aliphatic rings. The lowest BCUT2D eigenvalue weighted by atomic mass is 10.2. The van der Waals surface area contributed by atoms with Gasteiger partial charge in [0, 0.05) is 30.4 Å². The fraction of sp³-hybridized carbons (Fsp3) is 0.350. The maximum Gasteiger partial charge on any atom is 0.249 e. The van der Waals surface area contributed by atoms with Crippen LogP contribution >= 0.6 is 0 Å². The lowest BCUT2D eigenvalue weighted by Crippen LogP contribution is -2.40. The Morgan fingerprint density at radius 3 is 2.80 bits per heavy atom. The van der Waals surface area contributed by atoms with Crippen LogP contribution in [0.25, 0.3) is 0 Å². The molecule has 1 N–H and O–H groups in total. The Balaban J connectivity index is 1.48. The van der Waals surface area contributed by atoms with Crippen LogP contribution < -0.4 is 19.7 Å². The molecule has 1 atom stereocenters. The van der Waals surface area contributed by atoms with Crippen LogP contribution in [0.1, 0.15) is 18.9 Å². The van der Waals surface area contributed by atoms with Crippen molar-refractivity contribution < 1.29 is 14.3 Å². The van der Waals surface area contributed by atoms with Crippen molar-refractivity contribution in [1.29, 1.82) is 0 Å². The molecule has 2 aliphatic heterocycles. The molecule has 2 aromatic carbocycles. The summed E-state index contributed by atoms with van der Waals surface area (Å²) in [4.78, 5) is 14.7. The van der Waals surface area contributed by atoms with Gasteiger partial charge in [0.1, 0.15) is 6.04 Å². The number of nitrogens with one attached hydrogen (secondary N) is 1. The quantitative estimate of drug-likeness (QED) is 0.933. The molecule has 4 rings (SSSR count). The highest BCUT2D eigenvalue weighted by atomic mass is 16.5. The van der Waals surface area contributed by atoms with Crippen LogP contribution in [-0.4, -0.2) is 31.7 Å². The van der Waals surface area contributed by atoms with E-state index in [0.717, 1.165) is 42.3 Å². The minimum atomic E-state index is -0.323. The molecule has 5 nitrogen and oxygen atoms in total. The van der Waals surface area contributed by atoms with E-state index in [1.54, 1.807) is 0 Å². The Morgan fingerprint density at radius 2 is 1.92 bits per heavy atom. The molecule has 0 saturated carbocycles. The second kappa shape index (κ2) is 6.67. The second-order valence-corrected chi connectivity index (χ2v) is 6.45. The number of anilines is 2. The summed E-state index contributed by atoms with van der Waals surface area (Å²) in [5.74, 6) is 1.57. The van der Waals surface area contributed by atoms with Gasteiger partial charge in [0.05, 0.1) is 13.2 Å². The molecule has 25 heavy (non-hydrogen) atoms. The molecule has 0 aromatic heterocycles. The molecule has 2 aromatic rings. The van der Waals surface area contributed by atoms with Gasteiger partial charge in [0.2, 0.25) is 5.91 Å². The molecule has 0 bridgehead atoms. The van der Waals surface area contributed by atoms with Gasteiger partial charge in [-0.05, 0) is 37.1 Å². The molecule has 0 fully saturated rings. The summed E-state index contributed by atoms with van der Waals surface area (Å²) >= 11 is 0. The normalized spacial score (nSPS) is 16.8. The molecule has 130 valence electrons. The molecular weight excluding hydrogens is 316 g/mol. The largest absolute Gasteiger partial charge is 0.490 e. The number of hydrogen-bond donors (Lipinski definition) is 1. The van der Waals surface area contributed by atoms with Crippen molar-refractivity contribution in [3.05, 3.63) is 48.0 Å². The lowest BCUT2D eigenvalue weighted by Gasteiger charge is -2.23. The molecule has 0 unspecified atom stereocenters. The van der Waals surface area contributed by atoms with Crippen LogP contribution in [-0.2, 0) is 11.2 Å². The lowest BCUT2D eigenvalue weighted by molar-refractivity contribution is -0.118. The van der Waals surface area contributed by atoms with Crippen LogP contribution in [0, 0.1) is 0 Å². The average Bonchev–Trinajstić information content (AvgIpc) is 2.92. The number of benzene rings is 2. The van der Waals surface area contributed by atoms with Crippen LogP contribution in [0.5, 0.6) is 11.5 Å². The van der Waals surface area contributed by atoms with Crippen LogP contribution in [0.15, 0.2) is 42.5 Å². The van der Waals surface area contributed by atoms with Crippen molar-refractivity contribution in [2.24, 2.45) is 0 Å². The van der Waals surface area contributed by atoms with Crippen molar-refractivity contribution in [3.63, 3.8) is 0 Å². The minimum absolute atomic E-state index is 0.0806. The van der Waals surface area contributed by atoms with E-state index in [-0.39, 0.29) is 11.9 Å². The van der Waals surface area contributed by atoms with Gasteiger partial charge in [0.25, 0.3) is 0 Å². The predicted octanol–water partition coefficient (Wildman–Crippen LogP) is 3.24. The number of hydrogen-bond acceptors (Lipinski definition) is 4. The molecule has 0 spiro atoms. The van der Waals surface area contributed by atoms with E-state index in [2.05, 4.69) is 11.4 Å². The SMILES string of the molecule is C[C@H](Nc1ccc2c(c1)OCCCO2)C(=O)N1CCc2ccccc21. The van der Waals surface area contributed by atoms with Gasteiger partial charge in [-0.15, -0.1) is 0 Å². The molecule has 0 radical (unpaired) electrons. The number of rotatable bonds is 3. The van der Waals surface area contributed by atoms with Crippen molar-refractivity contribution in [2.75, 3.05) is 30.0 Å². The molecule has 0 aliphatic carbocycles. The van der Waals surface area contributed by atoms with E-state index >= 15 is 0 Å². The number of carbonyl (C=O) groups is 1. The number of nitrogens with zero attached hydrogens (tertiary/aromatic N) is 1. The monoisotopic (exact) mass is 338 g/mol.